The molecule has 0 amide bonds. The molecule has 1 aromatic rings. The molecule has 0 spiro atoms. The molecule has 1 nitrogen and oxygen atoms in total. The lowest BCUT2D eigenvalue weighted by atomic mass is 9.79. The number of nitrogens with one attached hydrogen (secondary N) is 1. The van der Waals surface area contributed by atoms with E-state index in [0.717, 1.165) is 18.5 Å². The number of halogens is 2. The standard InChI is InChI=1S/C14H19F2N/c1-14(9-17-2,11-4-5-11)8-10-3-6-12(15)13(16)7-10/h3,6-7,11,17H,4-5,8-9H2,1-2H3. The van der Waals surface area contributed by atoms with E-state index in [-0.39, 0.29) is 5.41 Å². The highest BCUT2D eigenvalue weighted by Crippen LogP contribution is 2.47. The van der Waals surface area contributed by atoms with Crippen LogP contribution in [0.25, 0.3) is 0 Å². The molecule has 1 aromatic carbocycles. The summed E-state index contributed by atoms with van der Waals surface area (Å²) in [5.41, 5.74) is 1.03. The minimum absolute atomic E-state index is 0.152. The van der Waals surface area contributed by atoms with Gasteiger partial charge in [-0.05, 0) is 55.3 Å². The predicted molar refractivity (Wildman–Crippen MR) is 64.8 cm³/mol. The van der Waals surface area contributed by atoms with Gasteiger partial charge >= 0.3 is 0 Å². The van der Waals surface area contributed by atoms with Gasteiger partial charge in [0.2, 0.25) is 0 Å². The van der Waals surface area contributed by atoms with Gasteiger partial charge in [0.25, 0.3) is 0 Å². The van der Waals surface area contributed by atoms with Crippen LogP contribution in [0.5, 0.6) is 0 Å². The fourth-order valence-electron chi connectivity index (χ4n) is 2.65. The molecule has 1 aliphatic carbocycles. The van der Waals surface area contributed by atoms with Crippen LogP contribution in [0.15, 0.2) is 18.2 Å². The van der Waals surface area contributed by atoms with E-state index in [1.165, 1.54) is 25.0 Å². The maximum absolute atomic E-state index is 13.2. The van der Waals surface area contributed by atoms with Crippen molar-refractivity contribution in [2.24, 2.45) is 11.3 Å². The normalized spacial score (nSPS) is 19.1. The van der Waals surface area contributed by atoms with Gasteiger partial charge < -0.3 is 5.32 Å². The largest absolute Gasteiger partial charge is 0.319 e. The molecule has 94 valence electrons. The molecule has 0 radical (unpaired) electrons. The molecule has 1 atom stereocenters. The molecular weight excluding hydrogens is 220 g/mol. The van der Waals surface area contributed by atoms with Gasteiger partial charge in [-0.1, -0.05) is 13.0 Å². The van der Waals surface area contributed by atoms with Crippen molar-refractivity contribution in [2.45, 2.75) is 26.2 Å². The van der Waals surface area contributed by atoms with Gasteiger partial charge in [0.15, 0.2) is 11.6 Å². The highest BCUT2D eigenvalue weighted by atomic mass is 19.2. The number of benzene rings is 1. The van der Waals surface area contributed by atoms with Crippen LogP contribution in [0.3, 0.4) is 0 Å². The van der Waals surface area contributed by atoms with E-state index in [0.29, 0.717) is 5.92 Å². The smallest absolute Gasteiger partial charge is 0.159 e. The van der Waals surface area contributed by atoms with Crippen LogP contribution >= 0.6 is 0 Å². The molecule has 0 aromatic heterocycles. The summed E-state index contributed by atoms with van der Waals surface area (Å²) >= 11 is 0. The van der Waals surface area contributed by atoms with Gasteiger partial charge in [0.1, 0.15) is 0 Å². The fraction of sp³-hybridized carbons (Fsp3) is 0.571. The monoisotopic (exact) mass is 239 g/mol. The maximum Gasteiger partial charge on any atom is 0.159 e. The molecule has 1 unspecified atom stereocenters. The first-order valence-corrected chi connectivity index (χ1v) is 6.14. The van der Waals surface area contributed by atoms with E-state index < -0.39 is 11.6 Å². The Kier molecular flexibility index (Phi) is 3.48. The molecule has 1 fully saturated rings. The molecule has 3 heteroatoms. The first-order valence-electron chi connectivity index (χ1n) is 6.14. The second-order valence-electron chi connectivity index (χ2n) is 5.38. The molecule has 0 bridgehead atoms. The Morgan fingerprint density at radius 1 is 1.29 bits per heavy atom. The van der Waals surface area contributed by atoms with Crippen molar-refractivity contribution in [3.8, 4) is 0 Å². The van der Waals surface area contributed by atoms with Crippen molar-refractivity contribution in [1.82, 2.24) is 5.32 Å². The zero-order valence-electron chi connectivity index (χ0n) is 10.4. The zero-order chi connectivity index (χ0) is 12.5. The van der Waals surface area contributed by atoms with Crippen LogP contribution in [0, 0.1) is 23.0 Å². The summed E-state index contributed by atoms with van der Waals surface area (Å²) in [5, 5.41) is 3.21. The Bertz CT molecular complexity index is 401. The van der Waals surface area contributed by atoms with Crippen LogP contribution in [0.1, 0.15) is 25.3 Å². The second kappa shape index (κ2) is 4.73. The van der Waals surface area contributed by atoms with E-state index >= 15 is 0 Å². The molecule has 0 heterocycles. The topological polar surface area (TPSA) is 12.0 Å². The third-order valence-electron chi connectivity index (χ3n) is 3.74. The lowest BCUT2D eigenvalue weighted by Crippen LogP contribution is -2.33. The lowest BCUT2D eigenvalue weighted by molar-refractivity contribution is 0.262. The first kappa shape index (κ1) is 12.5. The quantitative estimate of drug-likeness (QED) is 0.832. The lowest BCUT2D eigenvalue weighted by Gasteiger charge is -2.29. The van der Waals surface area contributed by atoms with Crippen LogP contribution in [-0.4, -0.2) is 13.6 Å². The van der Waals surface area contributed by atoms with Crippen LogP contribution in [0.2, 0.25) is 0 Å². The Morgan fingerprint density at radius 3 is 2.53 bits per heavy atom. The Labute approximate surface area is 101 Å². The Morgan fingerprint density at radius 2 is 2.00 bits per heavy atom. The van der Waals surface area contributed by atoms with Crippen molar-refractivity contribution in [1.29, 1.82) is 0 Å². The van der Waals surface area contributed by atoms with Crippen LogP contribution < -0.4 is 5.32 Å². The van der Waals surface area contributed by atoms with Gasteiger partial charge in [0.05, 0.1) is 0 Å². The molecule has 1 N–H and O–H groups in total. The van der Waals surface area contributed by atoms with Crippen molar-refractivity contribution in [2.75, 3.05) is 13.6 Å². The maximum atomic E-state index is 13.2. The van der Waals surface area contributed by atoms with E-state index in [1.807, 2.05) is 7.05 Å². The first-order chi connectivity index (χ1) is 8.05. The van der Waals surface area contributed by atoms with Crippen molar-refractivity contribution >= 4 is 0 Å². The van der Waals surface area contributed by atoms with Gasteiger partial charge in [-0.25, -0.2) is 8.78 Å². The van der Waals surface area contributed by atoms with Crippen molar-refractivity contribution < 1.29 is 8.78 Å². The van der Waals surface area contributed by atoms with E-state index in [2.05, 4.69) is 12.2 Å². The average molecular weight is 239 g/mol. The summed E-state index contributed by atoms with van der Waals surface area (Å²) in [5.74, 6) is -0.802. The van der Waals surface area contributed by atoms with Gasteiger partial charge in [-0.3, -0.25) is 0 Å². The third-order valence-corrected chi connectivity index (χ3v) is 3.74. The highest BCUT2D eigenvalue weighted by Gasteiger charge is 2.40. The van der Waals surface area contributed by atoms with E-state index in [1.54, 1.807) is 6.07 Å². The highest BCUT2D eigenvalue weighted by molar-refractivity contribution is 5.20. The average Bonchev–Trinajstić information content (AvgIpc) is 3.07. The number of rotatable bonds is 5. The molecule has 2 rings (SSSR count). The molecule has 17 heavy (non-hydrogen) atoms. The fourth-order valence-corrected chi connectivity index (χ4v) is 2.65. The SMILES string of the molecule is CNCC(C)(Cc1ccc(F)c(F)c1)C1CC1. The summed E-state index contributed by atoms with van der Waals surface area (Å²) < 4.78 is 26.0. The predicted octanol–water partition coefficient (Wildman–Crippen LogP) is 3.14. The molecule has 1 aliphatic rings. The molecule has 0 aliphatic heterocycles. The van der Waals surface area contributed by atoms with Crippen molar-refractivity contribution in [3.63, 3.8) is 0 Å². The minimum Gasteiger partial charge on any atom is -0.319 e. The van der Waals surface area contributed by atoms with Gasteiger partial charge in [-0.2, -0.15) is 0 Å². The van der Waals surface area contributed by atoms with Gasteiger partial charge in [0, 0.05) is 6.54 Å². The molecule has 1 saturated carbocycles. The summed E-state index contributed by atoms with van der Waals surface area (Å²) in [6.45, 7) is 3.14. The summed E-state index contributed by atoms with van der Waals surface area (Å²) in [7, 11) is 1.94. The van der Waals surface area contributed by atoms with Gasteiger partial charge in [-0.15, -0.1) is 0 Å². The van der Waals surface area contributed by atoms with E-state index in [9.17, 15) is 8.78 Å². The summed E-state index contributed by atoms with van der Waals surface area (Å²) in [6, 6.07) is 4.23. The Hall–Kier alpha value is -0.960. The van der Waals surface area contributed by atoms with E-state index in [4.69, 9.17) is 0 Å². The summed E-state index contributed by atoms with van der Waals surface area (Å²) in [4.78, 5) is 0. The van der Waals surface area contributed by atoms with Crippen LogP contribution in [-0.2, 0) is 6.42 Å². The van der Waals surface area contributed by atoms with Crippen molar-refractivity contribution in [3.05, 3.63) is 35.4 Å². The third kappa shape index (κ3) is 2.83. The van der Waals surface area contributed by atoms with Crippen LogP contribution in [0.4, 0.5) is 8.78 Å². The number of hydrogen-bond acceptors (Lipinski definition) is 1. The molecule has 0 saturated heterocycles. The number of hydrogen-bond donors (Lipinski definition) is 1. The molecular formula is C14H19F2N. The summed E-state index contributed by atoms with van der Waals surface area (Å²) in [6.07, 6.45) is 3.30. The Balaban J connectivity index is 2.14. The zero-order valence-corrected chi connectivity index (χ0v) is 10.4. The minimum atomic E-state index is -0.768. The second-order valence-corrected chi connectivity index (χ2v) is 5.38.